The van der Waals surface area contributed by atoms with Gasteiger partial charge in [0.1, 0.15) is 11.2 Å². The number of furan rings is 1. The van der Waals surface area contributed by atoms with E-state index < -0.39 is 0 Å². The molecular weight excluding hydrogens is 651 g/mol. The van der Waals surface area contributed by atoms with Crippen LogP contribution < -0.4 is 4.90 Å². The maximum Gasteiger partial charge on any atom is 0.144 e. The van der Waals surface area contributed by atoms with Crippen molar-refractivity contribution >= 4 is 81.3 Å². The van der Waals surface area contributed by atoms with Gasteiger partial charge < -0.3 is 9.32 Å². The normalized spacial score (nSPS) is 13.3. The maximum absolute atomic E-state index is 6.72. The van der Waals surface area contributed by atoms with Gasteiger partial charge in [-0.25, -0.2) is 0 Å². The molecule has 0 spiro atoms. The lowest BCUT2D eigenvalue weighted by Gasteiger charge is -2.26. The second-order valence-electron chi connectivity index (χ2n) is 14.5. The lowest BCUT2D eigenvalue weighted by atomic mass is 9.81. The third-order valence-corrected chi connectivity index (χ3v) is 12.4. The molecule has 0 saturated carbocycles. The summed E-state index contributed by atoms with van der Waals surface area (Å²) in [5.41, 5.74) is 13.2. The number of fused-ring (bicyclic) bond motifs is 11. The number of hydrogen-bond donors (Lipinski definition) is 0. The van der Waals surface area contributed by atoms with Gasteiger partial charge in [0.15, 0.2) is 0 Å². The summed E-state index contributed by atoms with van der Waals surface area (Å²) in [6.07, 6.45) is 0. The van der Waals surface area contributed by atoms with Crippen molar-refractivity contribution in [1.82, 2.24) is 0 Å². The van der Waals surface area contributed by atoms with Gasteiger partial charge in [-0.2, -0.15) is 0 Å². The summed E-state index contributed by atoms with van der Waals surface area (Å²) in [7, 11) is 0. The van der Waals surface area contributed by atoms with E-state index >= 15 is 0 Å². The molecule has 0 aliphatic heterocycles. The average Bonchev–Trinajstić information content (AvgIpc) is 3.81. The first-order chi connectivity index (χ1) is 25.5. The van der Waals surface area contributed by atoms with E-state index in [1.165, 1.54) is 64.3 Å². The summed E-state index contributed by atoms with van der Waals surface area (Å²) in [5.74, 6) is 0. The average molecular weight is 684 g/mol. The largest absolute Gasteiger partial charge is 0.455 e. The number of hydrogen-bond acceptors (Lipinski definition) is 3. The monoisotopic (exact) mass is 683 g/mol. The van der Waals surface area contributed by atoms with E-state index in [-0.39, 0.29) is 5.41 Å². The van der Waals surface area contributed by atoms with Gasteiger partial charge in [0.2, 0.25) is 0 Å². The minimum atomic E-state index is -0.0293. The number of nitrogens with zero attached hydrogens (tertiary/aromatic N) is 1. The Labute approximate surface area is 305 Å². The third-order valence-electron chi connectivity index (χ3n) is 11.2. The second kappa shape index (κ2) is 10.9. The molecule has 0 N–H and O–H groups in total. The summed E-state index contributed by atoms with van der Waals surface area (Å²) in [6.45, 7) is 4.69. The molecule has 1 aliphatic carbocycles. The summed E-state index contributed by atoms with van der Waals surface area (Å²) < 4.78 is 9.20. The fourth-order valence-electron chi connectivity index (χ4n) is 8.62. The molecule has 3 heteroatoms. The fraction of sp³-hybridized carbons (Fsp3) is 0.0612. The Morgan fingerprint density at radius 1 is 0.481 bits per heavy atom. The molecule has 2 aromatic heterocycles. The maximum atomic E-state index is 6.72. The van der Waals surface area contributed by atoms with Crippen molar-refractivity contribution in [2.24, 2.45) is 0 Å². The zero-order valence-corrected chi connectivity index (χ0v) is 29.7. The molecule has 10 aromatic rings. The summed E-state index contributed by atoms with van der Waals surface area (Å²) in [5, 5.41) is 7.14. The predicted octanol–water partition coefficient (Wildman–Crippen LogP) is 14.6. The minimum absolute atomic E-state index is 0.0293. The van der Waals surface area contributed by atoms with E-state index in [9.17, 15) is 0 Å². The van der Waals surface area contributed by atoms with E-state index in [0.717, 1.165) is 39.0 Å². The minimum Gasteiger partial charge on any atom is -0.455 e. The molecule has 52 heavy (non-hydrogen) atoms. The molecule has 0 fully saturated rings. The molecule has 0 bridgehead atoms. The van der Waals surface area contributed by atoms with Crippen LogP contribution >= 0.6 is 11.3 Å². The Morgan fingerprint density at radius 2 is 1.15 bits per heavy atom. The molecule has 246 valence electrons. The molecule has 2 heterocycles. The van der Waals surface area contributed by atoms with Gasteiger partial charge in [-0.15, -0.1) is 11.3 Å². The highest BCUT2D eigenvalue weighted by Gasteiger charge is 2.35. The highest BCUT2D eigenvalue weighted by atomic mass is 32.1. The quantitative estimate of drug-likeness (QED) is 0.184. The Hall–Kier alpha value is -6.16. The van der Waals surface area contributed by atoms with E-state index in [0.29, 0.717) is 0 Å². The first-order valence-corrected chi connectivity index (χ1v) is 18.7. The summed E-state index contributed by atoms with van der Waals surface area (Å²) in [6, 6.07) is 59.9. The van der Waals surface area contributed by atoms with Crippen molar-refractivity contribution in [3.8, 4) is 22.3 Å². The number of benzene rings is 8. The van der Waals surface area contributed by atoms with Crippen LogP contribution in [0.3, 0.4) is 0 Å². The lowest BCUT2D eigenvalue weighted by Crippen LogP contribution is -2.14. The van der Waals surface area contributed by atoms with Crippen LogP contribution in [0.15, 0.2) is 168 Å². The predicted molar refractivity (Wildman–Crippen MR) is 222 cm³/mol. The van der Waals surface area contributed by atoms with Crippen molar-refractivity contribution in [1.29, 1.82) is 0 Å². The van der Waals surface area contributed by atoms with Gasteiger partial charge in [0, 0.05) is 53.4 Å². The topological polar surface area (TPSA) is 16.4 Å². The highest BCUT2D eigenvalue weighted by Crippen LogP contribution is 2.50. The van der Waals surface area contributed by atoms with Gasteiger partial charge in [-0.3, -0.25) is 0 Å². The Morgan fingerprint density at radius 3 is 2.00 bits per heavy atom. The number of anilines is 3. The van der Waals surface area contributed by atoms with Gasteiger partial charge >= 0.3 is 0 Å². The molecule has 11 rings (SSSR count). The smallest absolute Gasteiger partial charge is 0.144 e. The first kappa shape index (κ1) is 29.6. The third kappa shape index (κ3) is 4.30. The molecule has 8 aromatic carbocycles. The van der Waals surface area contributed by atoms with Crippen LogP contribution in [0, 0.1) is 0 Å². The second-order valence-corrected chi connectivity index (χ2v) is 15.6. The van der Waals surface area contributed by atoms with Crippen LogP contribution in [0.1, 0.15) is 25.0 Å². The van der Waals surface area contributed by atoms with Gasteiger partial charge in [-0.1, -0.05) is 105 Å². The van der Waals surface area contributed by atoms with E-state index in [1.54, 1.807) is 0 Å². The molecule has 0 radical (unpaired) electrons. The fourth-order valence-corrected chi connectivity index (χ4v) is 9.70. The van der Waals surface area contributed by atoms with Gasteiger partial charge in [0.05, 0.1) is 0 Å². The molecule has 0 atom stereocenters. The Kier molecular flexibility index (Phi) is 6.21. The van der Waals surface area contributed by atoms with E-state index in [1.807, 2.05) is 11.3 Å². The number of rotatable bonds is 4. The molecule has 0 unspecified atom stereocenters. The van der Waals surface area contributed by atoms with E-state index in [2.05, 4.69) is 183 Å². The molecular formula is C49H33NOS. The van der Waals surface area contributed by atoms with Crippen molar-refractivity contribution in [2.45, 2.75) is 19.3 Å². The summed E-state index contributed by atoms with van der Waals surface area (Å²) in [4.78, 5) is 2.36. The zero-order chi connectivity index (χ0) is 34.6. The lowest BCUT2D eigenvalue weighted by molar-refractivity contribution is 0.660. The van der Waals surface area contributed by atoms with Crippen molar-refractivity contribution in [3.05, 3.63) is 175 Å². The Balaban J connectivity index is 1.03. The van der Waals surface area contributed by atoms with Gasteiger partial charge in [0.25, 0.3) is 0 Å². The van der Waals surface area contributed by atoms with Crippen LogP contribution in [-0.2, 0) is 5.41 Å². The molecule has 2 nitrogen and oxygen atoms in total. The SMILES string of the molecule is CC1(C)c2ccccc2-c2ccc(-c3ccc(N(c4ccccc4)c4ccc5sc6ccc7c8cc9ccccc9cc8oc7c6c5c4)cc3)cc21. The van der Waals surface area contributed by atoms with Crippen molar-refractivity contribution in [2.75, 3.05) is 4.90 Å². The zero-order valence-electron chi connectivity index (χ0n) is 28.9. The molecule has 0 amide bonds. The summed E-state index contributed by atoms with van der Waals surface area (Å²) >= 11 is 1.83. The van der Waals surface area contributed by atoms with Crippen LogP contribution in [-0.4, -0.2) is 0 Å². The van der Waals surface area contributed by atoms with E-state index in [4.69, 9.17) is 4.42 Å². The van der Waals surface area contributed by atoms with Crippen LogP contribution in [0.4, 0.5) is 17.1 Å². The number of para-hydroxylation sites is 1. The first-order valence-electron chi connectivity index (χ1n) is 17.9. The van der Waals surface area contributed by atoms with Crippen LogP contribution in [0.2, 0.25) is 0 Å². The van der Waals surface area contributed by atoms with Crippen molar-refractivity contribution < 1.29 is 4.42 Å². The van der Waals surface area contributed by atoms with Gasteiger partial charge in [-0.05, 0) is 117 Å². The molecule has 1 aliphatic rings. The van der Waals surface area contributed by atoms with Crippen LogP contribution in [0.5, 0.6) is 0 Å². The molecule has 0 saturated heterocycles. The van der Waals surface area contributed by atoms with Crippen molar-refractivity contribution in [3.63, 3.8) is 0 Å². The standard InChI is InChI=1S/C49H33NOS/c1-49(2)42-15-9-8-14-37(42)38-22-18-33(27-43(38)49)30-16-19-35(20-17-30)50(34-12-4-3-5-13-34)36-21-24-45-41(29-36)47-46(52-45)25-23-39-40-26-31-10-6-7-11-32(31)28-44(40)51-48(39)47/h3-29H,1-2H3. The van der Waals surface area contributed by atoms with Crippen LogP contribution in [0.25, 0.3) is 75.1 Å². The highest BCUT2D eigenvalue weighted by molar-refractivity contribution is 7.26. The number of thiophene rings is 1. The Bertz CT molecular complexity index is 3040.